The first kappa shape index (κ1) is 18.1. The summed E-state index contributed by atoms with van der Waals surface area (Å²) in [5.74, 6) is 0. The molecule has 6 heteroatoms. The standard InChI is InChI=1S/C19H21Cl2N3O/c1-14-6-7-16(12-18(14)21)22-19(25)24-10-8-23(9-11-24)13-15-4-2-3-5-17(15)20/h2-7,12H,8-11,13H2,1H3,(H,22,25). The van der Waals surface area contributed by atoms with Gasteiger partial charge in [-0.1, -0.05) is 47.5 Å². The number of amides is 2. The zero-order chi connectivity index (χ0) is 17.8. The van der Waals surface area contributed by atoms with Gasteiger partial charge < -0.3 is 10.2 Å². The molecule has 0 radical (unpaired) electrons. The Morgan fingerprint density at radius 2 is 1.76 bits per heavy atom. The van der Waals surface area contributed by atoms with Gasteiger partial charge in [0, 0.05) is 48.5 Å². The molecule has 0 spiro atoms. The van der Waals surface area contributed by atoms with E-state index < -0.39 is 0 Å². The fourth-order valence-corrected chi connectivity index (χ4v) is 3.23. The topological polar surface area (TPSA) is 35.6 Å². The zero-order valence-electron chi connectivity index (χ0n) is 14.1. The summed E-state index contributed by atoms with van der Waals surface area (Å²) < 4.78 is 0. The maximum atomic E-state index is 12.4. The average molecular weight is 378 g/mol. The fourth-order valence-electron chi connectivity index (χ4n) is 2.85. The van der Waals surface area contributed by atoms with Crippen molar-refractivity contribution in [1.82, 2.24) is 9.80 Å². The van der Waals surface area contributed by atoms with Crippen LogP contribution >= 0.6 is 23.2 Å². The van der Waals surface area contributed by atoms with E-state index in [2.05, 4.69) is 10.2 Å². The van der Waals surface area contributed by atoms with Gasteiger partial charge in [-0.25, -0.2) is 4.79 Å². The van der Waals surface area contributed by atoms with Crippen molar-refractivity contribution in [2.75, 3.05) is 31.5 Å². The molecule has 2 amide bonds. The minimum atomic E-state index is -0.0858. The molecule has 1 aliphatic rings. The van der Waals surface area contributed by atoms with Crippen LogP contribution in [0.5, 0.6) is 0 Å². The van der Waals surface area contributed by atoms with E-state index in [0.29, 0.717) is 18.1 Å². The molecule has 1 fully saturated rings. The summed E-state index contributed by atoms with van der Waals surface area (Å²) in [5.41, 5.74) is 2.84. The summed E-state index contributed by atoms with van der Waals surface area (Å²) in [4.78, 5) is 16.6. The zero-order valence-corrected chi connectivity index (χ0v) is 15.6. The van der Waals surface area contributed by atoms with Crippen molar-refractivity contribution >= 4 is 34.9 Å². The average Bonchev–Trinajstić information content (AvgIpc) is 2.61. The van der Waals surface area contributed by atoms with Crippen molar-refractivity contribution in [3.05, 3.63) is 63.6 Å². The molecule has 0 atom stereocenters. The van der Waals surface area contributed by atoms with Gasteiger partial charge in [0.15, 0.2) is 0 Å². The number of benzene rings is 2. The molecule has 2 aromatic rings. The van der Waals surface area contributed by atoms with Gasteiger partial charge in [-0.3, -0.25) is 4.90 Å². The highest BCUT2D eigenvalue weighted by molar-refractivity contribution is 6.31. The molecule has 4 nitrogen and oxygen atoms in total. The van der Waals surface area contributed by atoms with Crippen LogP contribution in [-0.4, -0.2) is 42.0 Å². The number of urea groups is 1. The summed E-state index contributed by atoms with van der Waals surface area (Å²) in [6.07, 6.45) is 0. The van der Waals surface area contributed by atoms with Crippen molar-refractivity contribution in [1.29, 1.82) is 0 Å². The summed E-state index contributed by atoms with van der Waals surface area (Å²) in [5, 5.41) is 4.36. The number of carbonyl (C=O) groups is 1. The van der Waals surface area contributed by atoms with Gasteiger partial charge in [-0.15, -0.1) is 0 Å². The van der Waals surface area contributed by atoms with E-state index in [1.165, 1.54) is 0 Å². The van der Waals surface area contributed by atoms with E-state index in [9.17, 15) is 4.79 Å². The Bertz CT molecular complexity index is 758. The number of hydrogen-bond acceptors (Lipinski definition) is 2. The van der Waals surface area contributed by atoms with E-state index in [0.717, 1.165) is 41.5 Å². The molecule has 0 aromatic heterocycles. The Morgan fingerprint density at radius 1 is 1.04 bits per heavy atom. The molecule has 0 bridgehead atoms. The van der Waals surface area contributed by atoms with Gasteiger partial charge in [0.25, 0.3) is 0 Å². The first-order valence-corrected chi connectivity index (χ1v) is 9.06. The summed E-state index contributed by atoms with van der Waals surface area (Å²) in [7, 11) is 0. The molecule has 1 heterocycles. The molecule has 1 aliphatic heterocycles. The van der Waals surface area contributed by atoms with E-state index in [4.69, 9.17) is 23.2 Å². The van der Waals surface area contributed by atoms with Crippen molar-refractivity contribution in [3.8, 4) is 0 Å². The number of halogens is 2. The lowest BCUT2D eigenvalue weighted by atomic mass is 10.2. The lowest BCUT2D eigenvalue weighted by Gasteiger charge is -2.34. The van der Waals surface area contributed by atoms with Crippen molar-refractivity contribution in [2.45, 2.75) is 13.5 Å². The van der Waals surface area contributed by atoms with Crippen LogP contribution in [0.25, 0.3) is 0 Å². The highest BCUT2D eigenvalue weighted by Gasteiger charge is 2.21. The highest BCUT2D eigenvalue weighted by atomic mass is 35.5. The van der Waals surface area contributed by atoms with Gasteiger partial charge in [0.2, 0.25) is 0 Å². The fraction of sp³-hybridized carbons (Fsp3) is 0.316. The number of nitrogens with one attached hydrogen (secondary N) is 1. The highest BCUT2D eigenvalue weighted by Crippen LogP contribution is 2.21. The third-order valence-electron chi connectivity index (χ3n) is 4.43. The number of anilines is 1. The van der Waals surface area contributed by atoms with Gasteiger partial charge in [-0.05, 0) is 36.2 Å². The molecule has 0 aliphatic carbocycles. The van der Waals surface area contributed by atoms with Gasteiger partial charge >= 0.3 is 6.03 Å². The molecule has 25 heavy (non-hydrogen) atoms. The Labute approximate surface area is 158 Å². The molecule has 132 valence electrons. The number of nitrogens with zero attached hydrogens (tertiary/aromatic N) is 2. The predicted molar refractivity (Wildman–Crippen MR) is 104 cm³/mol. The van der Waals surface area contributed by atoms with E-state index in [1.54, 1.807) is 6.07 Å². The number of hydrogen-bond donors (Lipinski definition) is 1. The molecule has 3 rings (SSSR count). The quantitative estimate of drug-likeness (QED) is 0.844. The van der Waals surface area contributed by atoms with E-state index in [1.807, 2.05) is 48.2 Å². The van der Waals surface area contributed by atoms with E-state index >= 15 is 0 Å². The SMILES string of the molecule is Cc1ccc(NC(=O)N2CCN(Cc3ccccc3Cl)CC2)cc1Cl. The number of carbonyl (C=O) groups excluding carboxylic acids is 1. The van der Waals surface area contributed by atoms with Gasteiger partial charge in [0.05, 0.1) is 0 Å². The normalized spacial score (nSPS) is 15.2. The van der Waals surface area contributed by atoms with Crippen molar-refractivity contribution in [2.24, 2.45) is 0 Å². The minimum absolute atomic E-state index is 0.0858. The molecular formula is C19H21Cl2N3O. The first-order valence-electron chi connectivity index (χ1n) is 8.31. The van der Waals surface area contributed by atoms with Crippen LogP contribution in [-0.2, 0) is 6.54 Å². The van der Waals surface area contributed by atoms with Gasteiger partial charge in [-0.2, -0.15) is 0 Å². The third kappa shape index (κ3) is 4.66. The monoisotopic (exact) mass is 377 g/mol. The van der Waals surface area contributed by atoms with Crippen LogP contribution in [0.1, 0.15) is 11.1 Å². The van der Waals surface area contributed by atoms with Crippen molar-refractivity contribution < 1.29 is 4.79 Å². The summed E-state index contributed by atoms with van der Waals surface area (Å²) in [6.45, 7) is 5.78. The second-order valence-electron chi connectivity index (χ2n) is 6.25. The Hall–Kier alpha value is -1.75. The first-order chi connectivity index (χ1) is 12.0. The molecule has 1 N–H and O–H groups in total. The second kappa shape index (κ2) is 8.09. The lowest BCUT2D eigenvalue weighted by Crippen LogP contribution is -2.49. The van der Waals surface area contributed by atoms with Crippen LogP contribution in [0, 0.1) is 6.92 Å². The van der Waals surface area contributed by atoms with Crippen LogP contribution in [0.4, 0.5) is 10.5 Å². The molecule has 0 unspecified atom stereocenters. The summed E-state index contributed by atoms with van der Waals surface area (Å²) in [6, 6.07) is 13.4. The summed E-state index contributed by atoms with van der Waals surface area (Å²) >= 11 is 12.3. The predicted octanol–water partition coefficient (Wildman–Crippen LogP) is 4.65. The van der Waals surface area contributed by atoms with Crippen LogP contribution < -0.4 is 5.32 Å². The molecule has 2 aromatic carbocycles. The maximum absolute atomic E-state index is 12.4. The third-order valence-corrected chi connectivity index (χ3v) is 5.21. The molecule has 1 saturated heterocycles. The second-order valence-corrected chi connectivity index (χ2v) is 7.06. The maximum Gasteiger partial charge on any atom is 0.321 e. The Kier molecular flexibility index (Phi) is 5.84. The Balaban J connectivity index is 1.52. The largest absolute Gasteiger partial charge is 0.322 e. The molecular weight excluding hydrogens is 357 g/mol. The van der Waals surface area contributed by atoms with Gasteiger partial charge in [0.1, 0.15) is 0 Å². The molecule has 0 saturated carbocycles. The van der Waals surface area contributed by atoms with E-state index in [-0.39, 0.29) is 6.03 Å². The number of rotatable bonds is 3. The number of piperazine rings is 1. The Morgan fingerprint density at radius 3 is 2.44 bits per heavy atom. The van der Waals surface area contributed by atoms with Crippen LogP contribution in [0.3, 0.4) is 0 Å². The minimum Gasteiger partial charge on any atom is -0.322 e. The smallest absolute Gasteiger partial charge is 0.321 e. The van der Waals surface area contributed by atoms with Crippen LogP contribution in [0.15, 0.2) is 42.5 Å². The van der Waals surface area contributed by atoms with Crippen molar-refractivity contribution in [3.63, 3.8) is 0 Å². The number of aryl methyl sites for hydroxylation is 1. The van der Waals surface area contributed by atoms with Crippen LogP contribution in [0.2, 0.25) is 10.0 Å². The lowest BCUT2D eigenvalue weighted by molar-refractivity contribution is 0.143.